The second kappa shape index (κ2) is 8.02. The lowest BCUT2D eigenvalue weighted by Crippen LogP contribution is -2.27. The third-order valence-corrected chi connectivity index (χ3v) is 6.36. The molecule has 6 nitrogen and oxygen atoms in total. The van der Waals surface area contributed by atoms with Gasteiger partial charge in [0.05, 0.1) is 4.90 Å². The van der Waals surface area contributed by atoms with Gasteiger partial charge in [0, 0.05) is 29.3 Å². The van der Waals surface area contributed by atoms with Crippen molar-refractivity contribution in [1.82, 2.24) is 19.3 Å². The zero-order chi connectivity index (χ0) is 20.4. The van der Waals surface area contributed by atoms with E-state index in [2.05, 4.69) is 30.6 Å². The van der Waals surface area contributed by atoms with Crippen molar-refractivity contribution in [1.29, 1.82) is 0 Å². The van der Waals surface area contributed by atoms with Gasteiger partial charge in [0.2, 0.25) is 10.0 Å². The monoisotopic (exact) mass is 474 g/mol. The van der Waals surface area contributed by atoms with Crippen molar-refractivity contribution in [2.24, 2.45) is 0 Å². The normalized spacial score (nSPS) is 11.8. The molecule has 0 spiro atoms. The Morgan fingerprint density at radius 2 is 1.76 bits per heavy atom. The van der Waals surface area contributed by atoms with Gasteiger partial charge in [-0.3, -0.25) is 0 Å². The van der Waals surface area contributed by atoms with E-state index in [1.54, 1.807) is 36.5 Å². The van der Waals surface area contributed by atoms with Crippen LogP contribution in [-0.2, 0) is 16.6 Å². The predicted octanol–water partition coefficient (Wildman–Crippen LogP) is 3.98. The number of pyridine rings is 1. The highest BCUT2D eigenvalue weighted by Crippen LogP contribution is 2.24. The molecule has 0 aliphatic rings. The van der Waals surface area contributed by atoms with Crippen LogP contribution in [0.2, 0.25) is 0 Å². The molecular weight excluding hydrogens is 459 g/mol. The van der Waals surface area contributed by atoms with E-state index in [0.717, 1.165) is 10.0 Å². The third kappa shape index (κ3) is 4.21. The van der Waals surface area contributed by atoms with Crippen LogP contribution in [0.15, 0.2) is 76.2 Å². The van der Waals surface area contributed by atoms with Crippen LogP contribution in [-0.4, -0.2) is 29.5 Å². The maximum Gasteiger partial charge on any atom is 0.240 e. The summed E-state index contributed by atoms with van der Waals surface area (Å²) in [5.74, 6) is 0.262. The van der Waals surface area contributed by atoms with Gasteiger partial charge in [0.25, 0.3) is 0 Å². The van der Waals surface area contributed by atoms with Crippen molar-refractivity contribution >= 4 is 37.1 Å². The number of aromatic nitrogens is 3. The van der Waals surface area contributed by atoms with Crippen molar-refractivity contribution in [3.05, 3.63) is 77.2 Å². The molecular formula is C20H16BrFN4O2S. The van der Waals surface area contributed by atoms with Crippen molar-refractivity contribution in [2.45, 2.75) is 11.4 Å². The highest BCUT2D eigenvalue weighted by molar-refractivity contribution is 9.10. The van der Waals surface area contributed by atoms with Crippen LogP contribution < -0.4 is 4.72 Å². The van der Waals surface area contributed by atoms with Gasteiger partial charge in [-0.25, -0.2) is 27.5 Å². The molecule has 2 aromatic heterocycles. The van der Waals surface area contributed by atoms with E-state index in [9.17, 15) is 12.8 Å². The number of hydrogen-bond acceptors (Lipinski definition) is 4. The Labute approximate surface area is 175 Å². The zero-order valence-electron chi connectivity index (χ0n) is 15.1. The topological polar surface area (TPSA) is 76.9 Å². The summed E-state index contributed by atoms with van der Waals surface area (Å²) in [6, 6.07) is 16.0. The minimum absolute atomic E-state index is 0.147. The Hall–Kier alpha value is -2.62. The quantitative estimate of drug-likeness (QED) is 0.458. The lowest BCUT2D eigenvalue weighted by atomic mass is 10.2. The Morgan fingerprint density at radius 1 is 1.03 bits per heavy atom. The summed E-state index contributed by atoms with van der Waals surface area (Å²) in [6.07, 6.45) is 1.65. The predicted molar refractivity (Wildman–Crippen MR) is 112 cm³/mol. The van der Waals surface area contributed by atoms with Gasteiger partial charge in [0.15, 0.2) is 5.65 Å². The molecule has 0 saturated heterocycles. The fourth-order valence-corrected chi connectivity index (χ4v) is 4.26. The highest BCUT2D eigenvalue weighted by atomic mass is 79.9. The maximum atomic E-state index is 13.3. The van der Waals surface area contributed by atoms with Crippen LogP contribution in [0, 0.1) is 5.82 Å². The van der Waals surface area contributed by atoms with E-state index >= 15 is 0 Å². The summed E-state index contributed by atoms with van der Waals surface area (Å²) in [6.45, 7) is 0.463. The fourth-order valence-electron chi connectivity index (χ4n) is 2.98. The molecule has 0 saturated carbocycles. The lowest BCUT2D eigenvalue weighted by Gasteiger charge is -2.11. The molecule has 0 radical (unpaired) electrons. The van der Waals surface area contributed by atoms with Crippen LogP contribution in [0.5, 0.6) is 0 Å². The fraction of sp³-hybridized carbons (Fsp3) is 0.100. The Balaban J connectivity index is 1.61. The molecule has 4 aromatic rings. The molecule has 2 heterocycles. The minimum Gasteiger partial charge on any atom is -0.307 e. The first-order chi connectivity index (χ1) is 13.9. The van der Waals surface area contributed by atoms with Crippen LogP contribution >= 0.6 is 15.9 Å². The number of halogens is 2. The molecule has 1 N–H and O–H groups in total. The van der Waals surface area contributed by atoms with Gasteiger partial charge in [-0.2, -0.15) is 0 Å². The summed E-state index contributed by atoms with van der Waals surface area (Å²) in [4.78, 5) is 9.15. The third-order valence-electron chi connectivity index (χ3n) is 4.36. The zero-order valence-corrected chi connectivity index (χ0v) is 17.5. The Bertz CT molecular complexity index is 1260. The standard InChI is InChI=1S/C20H16BrFN4O2S/c21-15-5-9-17(10-6-15)29(27,28)24-12-13-26-19(14-3-7-16(22)8-4-14)25-18-2-1-11-23-20(18)26/h1-11,24H,12-13H2. The number of hydrogen-bond donors (Lipinski definition) is 1. The van der Waals surface area contributed by atoms with Gasteiger partial charge in [-0.15, -0.1) is 0 Å². The van der Waals surface area contributed by atoms with Crippen molar-refractivity contribution in [3.63, 3.8) is 0 Å². The number of imidazole rings is 1. The first-order valence-electron chi connectivity index (χ1n) is 8.76. The number of benzene rings is 2. The van der Waals surface area contributed by atoms with Gasteiger partial charge < -0.3 is 4.57 Å². The number of fused-ring (bicyclic) bond motifs is 1. The van der Waals surface area contributed by atoms with Gasteiger partial charge in [-0.1, -0.05) is 15.9 Å². The summed E-state index contributed by atoms with van der Waals surface area (Å²) in [5, 5.41) is 0. The van der Waals surface area contributed by atoms with Gasteiger partial charge in [0.1, 0.15) is 17.2 Å². The number of sulfonamides is 1. The second-order valence-corrected chi connectivity index (χ2v) is 8.97. The molecule has 4 rings (SSSR count). The molecule has 9 heteroatoms. The molecule has 148 valence electrons. The first kappa shape index (κ1) is 19.7. The molecule has 0 unspecified atom stereocenters. The van der Waals surface area contributed by atoms with Crippen molar-refractivity contribution in [3.8, 4) is 11.4 Å². The van der Waals surface area contributed by atoms with Crippen LogP contribution in [0.4, 0.5) is 4.39 Å². The molecule has 2 aromatic carbocycles. The molecule has 29 heavy (non-hydrogen) atoms. The Morgan fingerprint density at radius 3 is 2.48 bits per heavy atom. The van der Waals surface area contributed by atoms with E-state index in [0.29, 0.717) is 23.5 Å². The first-order valence-corrected chi connectivity index (χ1v) is 11.0. The second-order valence-electron chi connectivity index (χ2n) is 6.29. The Kier molecular flexibility index (Phi) is 5.44. The molecule has 0 bridgehead atoms. The van der Waals surface area contributed by atoms with Crippen LogP contribution in [0.1, 0.15) is 0 Å². The largest absolute Gasteiger partial charge is 0.307 e. The minimum atomic E-state index is -3.64. The number of nitrogens with zero attached hydrogens (tertiary/aromatic N) is 3. The van der Waals surface area contributed by atoms with E-state index in [4.69, 9.17) is 0 Å². The van der Waals surface area contributed by atoms with E-state index < -0.39 is 10.0 Å². The number of nitrogens with one attached hydrogen (secondary N) is 1. The van der Waals surface area contributed by atoms with E-state index in [1.807, 2.05) is 10.6 Å². The average molecular weight is 475 g/mol. The molecule has 0 atom stereocenters. The van der Waals surface area contributed by atoms with Crippen LogP contribution in [0.3, 0.4) is 0 Å². The van der Waals surface area contributed by atoms with Crippen molar-refractivity contribution < 1.29 is 12.8 Å². The number of rotatable bonds is 6. The smallest absolute Gasteiger partial charge is 0.240 e. The average Bonchev–Trinajstić information content (AvgIpc) is 3.07. The van der Waals surface area contributed by atoms with Gasteiger partial charge in [-0.05, 0) is 60.7 Å². The summed E-state index contributed by atoms with van der Waals surface area (Å²) in [7, 11) is -3.64. The van der Waals surface area contributed by atoms with E-state index in [1.165, 1.54) is 24.3 Å². The highest BCUT2D eigenvalue weighted by Gasteiger charge is 2.16. The summed E-state index contributed by atoms with van der Waals surface area (Å²) >= 11 is 3.29. The summed E-state index contributed by atoms with van der Waals surface area (Å²) in [5.41, 5.74) is 2.04. The van der Waals surface area contributed by atoms with Crippen molar-refractivity contribution in [2.75, 3.05) is 6.54 Å². The molecule has 0 aliphatic carbocycles. The summed E-state index contributed by atoms with van der Waals surface area (Å²) < 4.78 is 43.6. The van der Waals surface area contributed by atoms with Gasteiger partial charge >= 0.3 is 0 Å². The molecule has 0 fully saturated rings. The van der Waals surface area contributed by atoms with Crippen LogP contribution in [0.25, 0.3) is 22.6 Å². The SMILES string of the molecule is O=S(=O)(NCCn1c(-c2ccc(F)cc2)nc2cccnc21)c1ccc(Br)cc1. The molecule has 0 aliphatic heterocycles. The van der Waals surface area contributed by atoms with E-state index in [-0.39, 0.29) is 17.3 Å². The lowest BCUT2D eigenvalue weighted by molar-refractivity contribution is 0.574. The molecule has 0 amide bonds. The maximum absolute atomic E-state index is 13.3.